The van der Waals surface area contributed by atoms with E-state index < -0.39 is 34.6 Å². The van der Waals surface area contributed by atoms with Gasteiger partial charge in [0, 0.05) is 25.4 Å². The molecule has 0 saturated carbocycles. The Hall–Kier alpha value is -1.97. The number of rotatable bonds is 6. The van der Waals surface area contributed by atoms with Gasteiger partial charge in [0.2, 0.25) is 10.0 Å². The van der Waals surface area contributed by atoms with Gasteiger partial charge in [-0.1, -0.05) is 6.07 Å². The van der Waals surface area contributed by atoms with Crippen molar-refractivity contribution in [2.45, 2.75) is 36.7 Å². The Morgan fingerprint density at radius 3 is 2.69 bits per heavy atom. The fraction of sp³-hybridized carbons (Fsp3) is 0.529. The molecule has 2 fully saturated rings. The highest BCUT2D eigenvalue weighted by molar-refractivity contribution is 7.89. The second-order valence-electron chi connectivity index (χ2n) is 6.30. The summed E-state index contributed by atoms with van der Waals surface area (Å²) < 4.78 is 36.7. The lowest BCUT2D eigenvalue weighted by Gasteiger charge is -2.16. The van der Waals surface area contributed by atoms with Crippen LogP contribution >= 0.6 is 0 Å². The predicted molar refractivity (Wildman–Crippen MR) is 93.0 cm³/mol. The number of sulfonamides is 1. The van der Waals surface area contributed by atoms with Gasteiger partial charge in [0.15, 0.2) is 12.7 Å². The molecular weight excluding hydrogens is 360 g/mol. The van der Waals surface area contributed by atoms with E-state index in [1.54, 1.807) is 12.1 Å². The molecule has 8 nitrogen and oxygen atoms in total. The van der Waals surface area contributed by atoms with Crippen LogP contribution in [0.1, 0.15) is 25.7 Å². The first-order valence-electron chi connectivity index (χ1n) is 8.65. The molecule has 1 aromatic carbocycles. The quantitative estimate of drug-likeness (QED) is 0.740. The maximum Gasteiger partial charge on any atom is 0.335 e. The van der Waals surface area contributed by atoms with Crippen LogP contribution in [0.4, 0.5) is 5.69 Å². The van der Waals surface area contributed by atoms with E-state index in [2.05, 4.69) is 5.32 Å². The topological polar surface area (TPSA) is 102 Å². The molecule has 1 N–H and O–H groups in total. The standard InChI is InChI=1S/C17H22N2O6S/c20-16(12-25-17(21)15-7-4-10-24-15)18-13-5-3-6-14(11-13)26(22,23)19-8-1-2-9-19/h3,5-6,11,15H,1-2,4,7-10,12H2,(H,18,20)/t15-/m0/s1. The van der Waals surface area contributed by atoms with E-state index in [4.69, 9.17) is 9.47 Å². The van der Waals surface area contributed by atoms with E-state index in [9.17, 15) is 18.0 Å². The maximum atomic E-state index is 12.6. The van der Waals surface area contributed by atoms with Crippen molar-refractivity contribution in [1.82, 2.24) is 4.31 Å². The lowest BCUT2D eigenvalue weighted by atomic mass is 10.2. The molecule has 0 aromatic heterocycles. The van der Waals surface area contributed by atoms with Gasteiger partial charge in [0.05, 0.1) is 4.90 Å². The molecule has 2 saturated heterocycles. The van der Waals surface area contributed by atoms with Gasteiger partial charge >= 0.3 is 5.97 Å². The van der Waals surface area contributed by atoms with Crippen LogP contribution in [0.15, 0.2) is 29.2 Å². The van der Waals surface area contributed by atoms with Crippen molar-refractivity contribution in [1.29, 1.82) is 0 Å². The number of hydrogen-bond donors (Lipinski definition) is 1. The molecule has 0 bridgehead atoms. The third-order valence-electron chi connectivity index (χ3n) is 4.36. The number of carbonyl (C=O) groups is 2. The molecule has 1 aromatic rings. The first-order chi connectivity index (χ1) is 12.5. The molecule has 3 rings (SSSR count). The summed E-state index contributed by atoms with van der Waals surface area (Å²) in [5, 5.41) is 2.55. The highest BCUT2D eigenvalue weighted by Gasteiger charge is 2.28. The van der Waals surface area contributed by atoms with E-state index in [0.29, 0.717) is 31.8 Å². The first kappa shape index (κ1) is 18.8. The Morgan fingerprint density at radius 2 is 2.00 bits per heavy atom. The van der Waals surface area contributed by atoms with Crippen molar-refractivity contribution in [3.8, 4) is 0 Å². The molecule has 2 heterocycles. The average Bonchev–Trinajstić information content (AvgIpc) is 3.33. The SMILES string of the molecule is O=C(COC(=O)[C@@H]1CCCO1)Nc1cccc(S(=O)(=O)N2CCCC2)c1. The summed E-state index contributed by atoms with van der Waals surface area (Å²) in [5.41, 5.74) is 0.337. The Kier molecular flexibility index (Phi) is 5.90. The smallest absolute Gasteiger partial charge is 0.335 e. The van der Waals surface area contributed by atoms with Crippen molar-refractivity contribution in [2.75, 3.05) is 31.6 Å². The van der Waals surface area contributed by atoms with E-state index in [0.717, 1.165) is 19.3 Å². The zero-order valence-corrected chi connectivity index (χ0v) is 15.2. The van der Waals surface area contributed by atoms with Crippen LogP contribution in [0.25, 0.3) is 0 Å². The number of hydrogen-bond acceptors (Lipinski definition) is 6. The molecule has 142 valence electrons. The van der Waals surface area contributed by atoms with Crippen LogP contribution in [-0.4, -0.2) is 57.0 Å². The van der Waals surface area contributed by atoms with E-state index in [1.807, 2.05) is 0 Å². The average molecular weight is 382 g/mol. The highest BCUT2D eigenvalue weighted by atomic mass is 32.2. The molecule has 9 heteroatoms. The van der Waals surface area contributed by atoms with Gasteiger partial charge in [-0.2, -0.15) is 4.31 Å². The third-order valence-corrected chi connectivity index (χ3v) is 6.25. The van der Waals surface area contributed by atoms with Crippen LogP contribution in [0.3, 0.4) is 0 Å². The second kappa shape index (κ2) is 8.15. The third kappa shape index (κ3) is 4.40. The summed E-state index contributed by atoms with van der Waals surface area (Å²) in [4.78, 5) is 23.8. The Balaban J connectivity index is 1.57. The largest absolute Gasteiger partial charge is 0.454 e. The second-order valence-corrected chi connectivity index (χ2v) is 8.23. The van der Waals surface area contributed by atoms with Crippen molar-refractivity contribution < 1.29 is 27.5 Å². The molecule has 1 atom stereocenters. The molecule has 1 amide bonds. The van der Waals surface area contributed by atoms with Gasteiger partial charge in [0.25, 0.3) is 5.91 Å². The monoisotopic (exact) mass is 382 g/mol. The minimum absolute atomic E-state index is 0.133. The summed E-state index contributed by atoms with van der Waals surface area (Å²) >= 11 is 0. The lowest BCUT2D eigenvalue weighted by molar-refractivity contribution is -0.156. The van der Waals surface area contributed by atoms with E-state index in [1.165, 1.54) is 16.4 Å². The number of benzene rings is 1. The normalized spacial score (nSPS) is 20.8. The Labute approximate surface area is 152 Å². The minimum atomic E-state index is -3.55. The van der Waals surface area contributed by atoms with Gasteiger partial charge < -0.3 is 14.8 Å². The molecule has 2 aliphatic heterocycles. The minimum Gasteiger partial charge on any atom is -0.454 e. The molecule has 26 heavy (non-hydrogen) atoms. The lowest BCUT2D eigenvalue weighted by Crippen LogP contribution is -2.28. The number of anilines is 1. The van der Waals surface area contributed by atoms with Crippen LogP contribution in [0, 0.1) is 0 Å². The first-order valence-corrected chi connectivity index (χ1v) is 10.1. The van der Waals surface area contributed by atoms with Crippen LogP contribution < -0.4 is 5.32 Å². The maximum absolute atomic E-state index is 12.6. The molecule has 0 aliphatic carbocycles. The number of carbonyl (C=O) groups excluding carboxylic acids is 2. The van der Waals surface area contributed by atoms with Crippen LogP contribution in [0.5, 0.6) is 0 Å². The zero-order valence-electron chi connectivity index (χ0n) is 14.3. The van der Waals surface area contributed by atoms with Gasteiger partial charge in [0.1, 0.15) is 0 Å². The zero-order chi connectivity index (χ0) is 18.6. The van der Waals surface area contributed by atoms with Crippen molar-refractivity contribution in [2.24, 2.45) is 0 Å². The predicted octanol–water partition coefficient (Wildman–Crippen LogP) is 1.13. The highest BCUT2D eigenvalue weighted by Crippen LogP contribution is 2.23. The van der Waals surface area contributed by atoms with Crippen LogP contribution in [-0.2, 0) is 29.1 Å². The van der Waals surface area contributed by atoms with Crippen LogP contribution in [0.2, 0.25) is 0 Å². The number of amides is 1. The molecule has 2 aliphatic rings. The fourth-order valence-corrected chi connectivity index (χ4v) is 4.57. The summed E-state index contributed by atoms with van der Waals surface area (Å²) in [7, 11) is -3.55. The van der Waals surface area contributed by atoms with Gasteiger partial charge in [-0.15, -0.1) is 0 Å². The number of esters is 1. The van der Waals surface area contributed by atoms with Crippen molar-refractivity contribution in [3.05, 3.63) is 24.3 Å². The summed E-state index contributed by atoms with van der Waals surface area (Å²) in [6.07, 6.45) is 2.50. The summed E-state index contributed by atoms with van der Waals surface area (Å²) in [5.74, 6) is -1.09. The van der Waals surface area contributed by atoms with Crippen molar-refractivity contribution in [3.63, 3.8) is 0 Å². The molecule has 0 radical (unpaired) electrons. The van der Waals surface area contributed by atoms with Gasteiger partial charge in [-0.25, -0.2) is 13.2 Å². The number of ether oxygens (including phenoxy) is 2. The Bertz CT molecular complexity index is 767. The molecule has 0 spiro atoms. The number of nitrogens with one attached hydrogen (secondary N) is 1. The number of nitrogens with zero attached hydrogens (tertiary/aromatic N) is 1. The molecule has 0 unspecified atom stereocenters. The summed E-state index contributed by atoms with van der Waals surface area (Å²) in [6, 6.07) is 6.06. The van der Waals surface area contributed by atoms with Crippen molar-refractivity contribution >= 4 is 27.6 Å². The summed E-state index contributed by atoms with van der Waals surface area (Å²) in [6.45, 7) is 1.10. The molecular formula is C17H22N2O6S. The fourth-order valence-electron chi connectivity index (χ4n) is 3.00. The van der Waals surface area contributed by atoms with E-state index >= 15 is 0 Å². The Morgan fingerprint density at radius 1 is 1.23 bits per heavy atom. The van der Waals surface area contributed by atoms with E-state index in [-0.39, 0.29) is 4.90 Å². The van der Waals surface area contributed by atoms with Gasteiger partial charge in [-0.05, 0) is 43.9 Å². The van der Waals surface area contributed by atoms with Gasteiger partial charge in [-0.3, -0.25) is 4.79 Å².